The van der Waals surface area contributed by atoms with Gasteiger partial charge < -0.3 is 23.7 Å². The Labute approximate surface area is 286 Å². The lowest BCUT2D eigenvalue weighted by atomic mass is 9.80. The monoisotopic (exact) mass is 681 g/mol. The summed E-state index contributed by atoms with van der Waals surface area (Å²) in [6.45, 7) is 1.76. The van der Waals surface area contributed by atoms with Gasteiger partial charge in [-0.05, 0) is 28.7 Å². The highest BCUT2D eigenvalue weighted by Gasteiger charge is 2.49. The summed E-state index contributed by atoms with van der Waals surface area (Å²) in [5.41, 5.74) is 4.08. The fourth-order valence-electron chi connectivity index (χ4n) is 5.55. The number of rotatable bonds is 14. The molecular formula is C37H38Cl3NO5. The number of halogens is 3. The van der Waals surface area contributed by atoms with E-state index in [1.165, 1.54) is 0 Å². The minimum atomic E-state index is -2.04. The third-order valence-electron chi connectivity index (χ3n) is 7.84. The molecule has 6 nitrogen and oxygen atoms in total. The molecule has 4 aromatic carbocycles. The van der Waals surface area contributed by atoms with Crippen molar-refractivity contribution in [2.45, 2.75) is 61.1 Å². The van der Waals surface area contributed by atoms with E-state index in [1.807, 2.05) is 121 Å². The topological polar surface area (TPSA) is 70.0 Å². The van der Waals surface area contributed by atoms with E-state index in [-0.39, 0.29) is 12.5 Å². The summed E-state index contributed by atoms with van der Waals surface area (Å²) in [5.74, 6) is -0.678. The number of hydrogen-bond donors (Lipinski definition) is 1. The van der Waals surface area contributed by atoms with Crippen molar-refractivity contribution in [2.75, 3.05) is 6.61 Å². The molecule has 0 bridgehead atoms. The maximum absolute atomic E-state index is 8.45. The van der Waals surface area contributed by atoms with Crippen LogP contribution < -0.4 is 0 Å². The molecule has 1 aliphatic rings. The standard InChI is InChI=1S/C37H38Cl3NO5/c38-37(39,40)36(41)46-32-21-31(26-42-22-27-13-5-1-6-14-27)33(43-23-28-15-7-2-8-16-28)35(45-25-30-19-11-4-12-20-30)34(32)44-24-29-17-9-3-10-18-29/h1-20,31-35,41H,21-26H2. The van der Waals surface area contributed by atoms with Crippen LogP contribution in [0.2, 0.25) is 0 Å². The van der Waals surface area contributed by atoms with E-state index >= 15 is 0 Å². The van der Waals surface area contributed by atoms with Crippen LogP contribution in [0.25, 0.3) is 0 Å². The van der Waals surface area contributed by atoms with Gasteiger partial charge in [0, 0.05) is 5.92 Å². The fourth-order valence-corrected chi connectivity index (χ4v) is 5.69. The van der Waals surface area contributed by atoms with Crippen LogP contribution in [0.5, 0.6) is 0 Å². The van der Waals surface area contributed by atoms with Crippen LogP contribution >= 0.6 is 34.8 Å². The number of benzene rings is 4. The molecule has 5 atom stereocenters. The van der Waals surface area contributed by atoms with E-state index < -0.39 is 34.1 Å². The number of alkyl halides is 3. The minimum Gasteiger partial charge on any atom is -0.472 e. The van der Waals surface area contributed by atoms with Gasteiger partial charge in [0.2, 0.25) is 5.90 Å². The van der Waals surface area contributed by atoms with Gasteiger partial charge >= 0.3 is 0 Å². The Balaban J connectivity index is 1.46. The molecule has 9 heteroatoms. The summed E-state index contributed by atoms with van der Waals surface area (Å²) in [6, 6.07) is 39.8. The van der Waals surface area contributed by atoms with Crippen molar-refractivity contribution in [1.82, 2.24) is 0 Å². The molecule has 0 aliphatic heterocycles. The summed E-state index contributed by atoms with van der Waals surface area (Å²) < 4.78 is 30.4. The number of ether oxygens (including phenoxy) is 5. The summed E-state index contributed by atoms with van der Waals surface area (Å²) in [4.78, 5) is 0. The largest absolute Gasteiger partial charge is 0.472 e. The van der Waals surface area contributed by atoms with Crippen LogP contribution in [0.4, 0.5) is 0 Å². The minimum absolute atomic E-state index is 0.196. The third-order valence-corrected chi connectivity index (χ3v) is 8.35. The highest BCUT2D eigenvalue weighted by atomic mass is 35.6. The summed E-state index contributed by atoms with van der Waals surface area (Å²) in [5, 5.41) is 8.45. The first kappa shape index (κ1) is 34.4. The molecule has 1 N–H and O–H groups in total. The first-order chi connectivity index (χ1) is 22.4. The van der Waals surface area contributed by atoms with Crippen molar-refractivity contribution in [1.29, 1.82) is 5.41 Å². The molecule has 0 heterocycles. The molecule has 0 saturated heterocycles. The van der Waals surface area contributed by atoms with E-state index in [4.69, 9.17) is 63.9 Å². The molecular weight excluding hydrogens is 645 g/mol. The Morgan fingerprint density at radius 1 is 0.565 bits per heavy atom. The van der Waals surface area contributed by atoms with Crippen molar-refractivity contribution in [3.8, 4) is 0 Å². The van der Waals surface area contributed by atoms with E-state index in [0.717, 1.165) is 22.3 Å². The van der Waals surface area contributed by atoms with Crippen LogP contribution in [-0.2, 0) is 50.1 Å². The molecule has 0 amide bonds. The van der Waals surface area contributed by atoms with E-state index in [1.54, 1.807) is 0 Å². The van der Waals surface area contributed by atoms with Gasteiger partial charge in [-0.25, -0.2) is 0 Å². The molecule has 1 saturated carbocycles. The lowest BCUT2D eigenvalue weighted by Crippen LogP contribution is -2.58. The highest BCUT2D eigenvalue weighted by Crippen LogP contribution is 2.38. The lowest BCUT2D eigenvalue weighted by Gasteiger charge is -2.46. The zero-order valence-corrected chi connectivity index (χ0v) is 27.6. The van der Waals surface area contributed by atoms with Crippen molar-refractivity contribution < 1.29 is 23.7 Å². The van der Waals surface area contributed by atoms with Crippen molar-refractivity contribution in [3.05, 3.63) is 144 Å². The normalized spacial score (nSPS) is 21.5. The molecule has 5 unspecified atom stereocenters. The molecule has 4 aromatic rings. The van der Waals surface area contributed by atoms with Gasteiger partial charge in [-0.3, -0.25) is 5.41 Å². The van der Waals surface area contributed by atoms with Crippen LogP contribution in [0.15, 0.2) is 121 Å². The van der Waals surface area contributed by atoms with Gasteiger partial charge in [0.1, 0.15) is 18.3 Å². The van der Waals surface area contributed by atoms with Gasteiger partial charge in [0.05, 0.1) is 39.1 Å². The zero-order valence-electron chi connectivity index (χ0n) is 25.4. The second-order valence-corrected chi connectivity index (χ2v) is 13.5. The molecule has 46 heavy (non-hydrogen) atoms. The van der Waals surface area contributed by atoms with Gasteiger partial charge in [0.15, 0.2) is 0 Å². The van der Waals surface area contributed by atoms with Crippen molar-refractivity contribution in [2.24, 2.45) is 5.92 Å². The Morgan fingerprint density at radius 2 is 0.957 bits per heavy atom. The van der Waals surface area contributed by atoms with Crippen molar-refractivity contribution >= 4 is 40.7 Å². The second-order valence-electron chi connectivity index (χ2n) is 11.3. The van der Waals surface area contributed by atoms with Crippen molar-refractivity contribution in [3.63, 3.8) is 0 Å². The summed E-state index contributed by atoms with van der Waals surface area (Å²) in [7, 11) is 0. The van der Waals surface area contributed by atoms with E-state index in [2.05, 4.69) is 0 Å². The van der Waals surface area contributed by atoms with Gasteiger partial charge in [-0.1, -0.05) is 156 Å². The summed E-state index contributed by atoms with van der Waals surface area (Å²) >= 11 is 18.3. The van der Waals surface area contributed by atoms with Gasteiger partial charge in [-0.2, -0.15) is 0 Å². The number of hydrogen-bond acceptors (Lipinski definition) is 6. The van der Waals surface area contributed by atoms with Crippen LogP contribution in [0.3, 0.4) is 0 Å². The van der Waals surface area contributed by atoms with Gasteiger partial charge in [0.25, 0.3) is 3.79 Å². The summed E-state index contributed by atoms with van der Waals surface area (Å²) in [6.07, 6.45) is -1.98. The third kappa shape index (κ3) is 10.3. The lowest BCUT2D eigenvalue weighted by molar-refractivity contribution is -0.222. The second kappa shape index (κ2) is 17.3. The average Bonchev–Trinajstić information content (AvgIpc) is 3.07. The van der Waals surface area contributed by atoms with Crippen LogP contribution in [0.1, 0.15) is 28.7 Å². The maximum Gasteiger partial charge on any atom is 0.265 e. The molecule has 0 spiro atoms. The number of nitrogens with one attached hydrogen (secondary N) is 1. The quantitative estimate of drug-likeness (QED) is 0.0819. The average molecular weight is 683 g/mol. The molecule has 5 rings (SSSR count). The SMILES string of the molecule is N=C(OC1CC(COCc2ccccc2)C(OCc2ccccc2)C(OCc2ccccc2)C1OCc1ccccc1)C(Cl)(Cl)Cl. The molecule has 0 aromatic heterocycles. The van der Waals surface area contributed by atoms with Gasteiger partial charge in [-0.15, -0.1) is 0 Å². The first-order valence-corrected chi connectivity index (χ1v) is 16.4. The first-order valence-electron chi connectivity index (χ1n) is 15.3. The smallest absolute Gasteiger partial charge is 0.265 e. The Morgan fingerprint density at radius 3 is 1.39 bits per heavy atom. The fraction of sp³-hybridized carbons (Fsp3) is 0.324. The molecule has 1 aliphatic carbocycles. The Bertz CT molecular complexity index is 1460. The molecule has 1 fully saturated rings. The zero-order chi connectivity index (χ0) is 32.2. The highest BCUT2D eigenvalue weighted by molar-refractivity contribution is 6.76. The molecule has 0 radical (unpaired) electrons. The Hall–Kier alpha value is -2.94. The van der Waals surface area contributed by atoms with E-state index in [0.29, 0.717) is 32.8 Å². The van der Waals surface area contributed by atoms with Crippen LogP contribution in [-0.4, -0.2) is 40.7 Å². The molecule has 242 valence electrons. The van der Waals surface area contributed by atoms with E-state index in [9.17, 15) is 0 Å². The van der Waals surface area contributed by atoms with Crippen LogP contribution in [0, 0.1) is 11.3 Å². The Kier molecular flexibility index (Phi) is 12.9. The maximum atomic E-state index is 8.45. The predicted octanol–water partition coefficient (Wildman–Crippen LogP) is 8.71. The predicted molar refractivity (Wildman–Crippen MR) is 182 cm³/mol.